The number of amides is 2. The summed E-state index contributed by atoms with van der Waals surface area (Å²) in [5.74, 6) is 0.210. The van der Waals surface area contributed by atoms with Gasteiger partial charge in [-0.05, 0) is 6.42 Å². The van der Waals surface area contributed by atoms with E-state index in [1.165, 1.54) is 11.9 Å². The predicted octanol–water partition coefficient (Wildman–Crippen LogP) is -0.816. The number of urea groups is 1. The Kier molecular flexibility index (Phi) is 2.27. The van der Waals surface area contributed by atoms with Crippen molar-refractivity contribution in [1.82, 2.24) is 4.90 Å². The van der Waals surface area contributed by atoms with Crippen molar-refractivity contribution in [3.63, 3.8) is 0 Å². The van der Waals surface area contributed by atoms with Crippen LogP contribution in [0.2, 0.25) is 0 Å². The van der Waals surface area contributed by atoms with Crippen molar-refractivity contribution in [2.24, 2.45) is 5.73 Å². The van der Waals surface area contributed by atoms with E-state index < -0.39 is 15.9 Å². The normalized spacial score (nSPS) is 26.9. The Morgan fingerprint density at radius 3 is 2.50 bits per heavy atom. The van der Waals surface area contributed by atoms with E-state index in [0.717, 1.165) is 0 Å². The maximum Gasteiger partial charge on any atom is 0.314 e. The van der Waals surface area contributed by atoms with E-state index in [4.69, 9.17) is 5.73 Å². The molecule has 0 aromatic rings. The standard InChI is InChI=1S/C6H12N2O3S/c1-8(6(7)9)5-2-3-12(10,11)4-5/h5H,2-4H2,1H3,(H2,7,9)/t5-/m0/s1. The molecule has 0 radical (unpaired) electrons. The summed E-state index contributed by atoms with van der Waals surface area (Å²) in [5.41, 5.74) is 5.00. The van der Waals surface area contributed by atoms with Crippen LogP contribution in [0.4, 0.5) is 4.79 Å². The zero-order valence-corrected chi connectivity index (χ0v) is 7.67. The molecule has 0 aliphatic carbocycles. The molecule has 2 amide bonds. The zero-order valence-electron chi connectivity index (χ0n) is 6.86. The van der Waals surface area contributed by atoms with E-state index in [9.17, 15) is 13.2 Å². The number of nitrogens with zero attached hydrogens (tertiary/aromatic N) is 1. The minimum Gasteiger partial charge on any atom is -0.351 e. The molecule has 70 valence electrons. The van der Waals surface area contributed by atoms with Crippen LogP contribution in [0.15, 0.2) is 0 Å². The summed E-state index contributed by atoms with van der Waals surface area (Å²) in [4.78, 5) is 11.9. The highest BCUT2D eigenvalue weighted by Crippen LogP contribution is 2.15. The fourth-order valence-electron chi connectivity index (χ4n) is 1.26. The van der Waals surface area contributed by atoms with Gasteiger partial charge in [0.2, 0.25) is 0 Å². The molecule has 6 heteroatoms. The number of hydrogen-bond donors (Lipinski definition) is 1. The molecular formula is C6H12N2O3S. The molecule has 1 fully saturated rings. The second kappa shape index (κ2) is 2.93. The van der Waals surface area contributed by atoms with Gasteiger partial charge in [0.1, 0.15) is 0 Å². The van der Waals surface area contributed by atoms with E-state index >= 15 is 0 Å². The van der Waals surface area contributed by atoms with Crippen LogP contribution in [0.25, 0.3) is 0 Å². The first-order valence-electron chi connectivity index (χ1n) is 3.65. The summed E-state index contributed by atoms with van der Waals surface area (Å²) >= 11 is 0. The van der Waals surface area contributed by atoms with Crippen molar-refractivity contribution in [2.75, 3.05) is 18.6 Å². The van der Waals surface area contributed by atoms with Crippen LogP contribution in [0.5, 0.6) is 0 Å². The van der Waals surface area contributed by atoms with Gasteiger partial charge in [0, 0.05) is 13.1 Å². The Balaban J connectivity index is 2.64. The van der Waals surface area contributed by atoms with Crippen molar-refractivity contribution >= 4 is 15.9 Å². The second-order valence-corrected chi connectivity index (χ2v) is 5.23. The van der Waals surface area contributed by atoms with Gasteiger partial charge in [-0.25, -0.2) is 13.2 Å². The third-order valence-corrected chi connectivity index (χ3v) is 3.85. The van der Waals surface area contributed by atoms with E-state index in [2.05, 4.69) is 0 Å². The number of primary amides is 1. The summed E-state index contributed by atoms with van der Waals surface area (Å²) in [6.07, 6.45) is 0.502. The maximum absolute atomic E-state index is 11.0. The van der Waals surface area contributed by atoms with Gasteiger partial charge in [0.15, 0.2) is 9.84 Å². The zero-order chi connectivity index (χ0) is 9.35. The van der Waals surface area contributed by atoms with Crippen molar-refractivity contribution in [1.29, 1.82) is 0 Å². The topological polar surface area (TPSA) is 80.5 Å². The Morgan fingerprint density at radius 2 is 2.17 bits per heavy atom. The summed E-state index contributed by atoms with van der Waals surface area (Å²) < 4.78 is 22.0. The summed E-state index contributed by atoms with van der Waals surface area (Å²) in [6.45, 7) is 0. The molecule has 0 aromatic heterocycles. The van der Waals surface area contributed by atoms with Crippen LogP contribution in [0.1, 0.15) is 6.42 Å². The third kappa shape index (κ3) is 1.88. The van der Waals surface area contributed by atoms with Gasteiger partial charge >= 0.3 is 6.03 Å². The highest BCUT2D eigenvalue weighted by molar-refractivity contribution is 7.91. The Labute approximate surface area is 71.4 Å². The number of carbonyl (C=O) groups is 1. The number of rotatable bonds is 1. The predicted molar refractivity (Wildman–Crippen MR) is 44.4 cm³/mol. The Hall–Kier alpha value is -0.780. The molecular weight excluding hydrogens is 180 g/mol. The van der Waals surface area contributed by atoms with Crippen LogP contribution in [0, 0.1) is 0 Å². The molecule has 1 saturated heterocycles. The smallest absolute Gasteiger partial charge is 0.314 e. The molecule has 1 aliphatic rings. The molecule has 12 heavy (non-hydrogen) atoms. The molecule has 2 N–H and O–H groups in total. The third-order valence-electron chi connectivity index (χ3n) is 2.10. The van der Waals surface area contributed by atoms with Crippen LogP contribution >= 0.6 is 0 Å². The molecule has 0 unspecified atom stereocenters. The van der Waals surface area contributed by atoms with Gasteiger partial charge in [-0.2, -0.15) is 0 Å². The highest BCUT2D eigenvalue weighted by Gasteiger charge is 2.31. The Bertz CT molecular complexity index is 285. The molecule has 0 saturated carbocycles. The largest absolute Gasteiger partial charge is 0.351 e. The molecule has 0 spiro atoms. The van der Waals surface area contributed by atoms with E-state index in [1.54, 1.807) is 0 Å². The summed E-state index contributed by atoms with van der Waals surface area (Å²) in [5, 5.41) is 0. The molecule has 0 bridgehead atoms. The van der Waals surface area contributed by atoms with E-state index in [-0.39, 0.29) is 17.5 Å². The minimum atomic E-state index is -2.92. The van der Waals surface area contributed by atoms with Crippen molar-refractivity contribution < 1.29 is 13.2 Å². The first kappa shape index (κ1) is 9.31. The van der Waals surface area contributed by atoms with Crippen molar-refractivity contribution in [2.45, 2.75) is 12.5 Å². The Morgan fingerprint density at radius 1 is 1.58 bits per heavy atom. The maximum atomic E-state index is 11.0. The minimum absolute atomic E-state index is 0.0481. The first-order valence-corrected chi connectivity index (χ1v) is 5.47. The van der Waals surface area contributed by atoms with Crippen LogP contribution in [-0.2, 0) is 9.84 Å². The number of hydrogen-bond acceptors (Lipinski definition) is 3. The highest BCUT2D eigenvalue weighted by atomic mass is 32.2. The first-order chi connectivity index (χ1) is 5.42. The van der Waals surface area contributed by atoms with Gasteiger partial charge in [-0.3, -0.25) is 0 Å². The van der Waals surface area contributed by atoms with Gasteiger partial charge in [-0.1, -0.05) is 0 Å². The quantitative estimate of drug-likeness (QED) is 0.589. The monoisotopic (exact) mass is 192 g/mol. The average molecular weight is 192 g/mol. The van der Waals surface area contributed by atoms with Crippen LogP contribution < -0.4 is 5.73 Å². The number of nitrogens with two attached hydrogens (primary N) is 1. The fourth-order valence-corrected chi connectivity index (χ4v) is 3.04. The average Bonchev–Trinajstić information content (AvgIpc) is 2.28. The van der Waals surface area contributed by atoms with E-state index in [1.807, 2.05) is 0 Å². The van der Waals surface area contributed by atoms with Gasteiger partial charge in [-0.15, -0.1) is 0 Å². The van der Waals surface area contributed by atoms with Crippen molar-refractivity contribution in [3.8, 4) is 0 Å². The lowest BCUT2D eigenvalue weighted by Gasteiger charge is -2.20. The summed E-state index contributed by atoms with van der Waals surface area (Å²) in [7, 11) is -1.40. The molecule has 1 atom stereocenters. The van der Waals surface area contributed by atoms with Crippen LogP contribution in [0.3, 0.4) is 0 Å². The number of sulfone groups is 1. The number of carbonyl (C=O) groups excluding carboxylic acids is 1. The van der Waals surface area contributed by atoms with Crippen LogP contribution in [-0.4, -0.2) is 43.9 Å². The van der Waals surface area contributed by atoms with Gasteiger partial charge in [0.25, 0.3) is 0 Å². The second-order valence-electron chi connectivity index (χ2n) is 3.01. The lowest BCUT2D eigenvalue weighted by Crippen LogP contribution is -2.41. The van der Waals surface area contributed by atoms with Crippen molar-refractivity contribution in [3.05, 3.63) is 0 Å². The molecule has 0 aromatic carbocycles. The molecule has 5 nitrogen and oxygen atoms in total. The SMILES string of the molecule is CN(C(N)=O)[C@H]1CCS(=O)(=O)C1. The molecule has 1 heterocycles. The van der Waals surface area contributed by atoms with E-state index in [0.29, 0.717) is 6.42 Å². The van der Waals surface area contributed by atoms with Gasteiger partial charge < -0.3 is 10.6 Å². The fraction of sp³-hybridized carbons (Fsp3) is 0.833. The molecule has 1 rings (SSSR count). The lowest BCUT2D eigenvalue weighted by molar-refractivity contribution is 0.205. The summed E-state index contributed by atoms with van der Waals surface area (Å²) in [6, 6.07) is -0.801. The molecule has 1 aliphatic heterocycles. The lowest BCUT2D eigenvalue weighted by atomic mass is 10.2. The van der Waals surface area contributed by atoms with Gasteiger partial charge in [0.05, 0.1) is 11.5 Å².